The highest BCUT2D eigenvalue weighted by Gasteiger charge is 2.19. The van der Waals surface area contributed by atoms with Crippen LogP contribution in [0.1, 0.15) is 39.2 Å². The first-order valence-electron chi connectivity index (χ1n) is 8.56. The molecule has 0 saturated carbocycles. The molecule has 29 heavy (non-hydrogen) atoms. The molecule has 3 rings (SSSR count). The van der Waals surface area contributed by atoms with Crippen molar-refractivity contribution in [1.29, 1.82) is 0 Å². The number of amides is 1. The molecular formula is C21H16Cl2N2O4. The smallest absolute Gasteiger partial charge is 0.335 e. The van der Waals surface area contributed by atoms with Crippen LogP contribution in [0.2, 0.25) is 10.0 Å². The van der Waals surface area contributed by atoms with E-state index < -0.39 is 11.9 Å². The molecule has 0 radical (unpaired) electrons. The van der Waals surface area contributed by atoms with Gasteiger partial charge in [0.05, 0.1) is 16.6 Å². The SMILES string of the molecule is CC(NC(=O)c1cc(Cl)cnc1Oc1ccc(Cl)cc1)c1ccc(C(=O)O)cc1. The average Bonchev–Trinajstić information content (AvgIpc) is 2.71. The van der Waals surface area contributed by atoms with Crippen molar-refractivity contribution in [1.82, 2.24) is 10.3 Å². The summed E-state index contributed by atoms with van der Waals surface area (Å²) < 4.78 is 5.72. The number of hydrogen-bond acceptors (Lipinski definition) is 4. The number of nitrogens with one attached hydrogen (secondary N) is 1. The Morgan fingerprint density at radius 1 is 1.03 bits per heavy atom. The van der Waals surface area contributed by atoms with Gasteiger partial charge in [0.15, 0.2) is 0 Å². The number of carbonyl (C=O) groups excluding carboxylic acids is 1. The maximum absolute atomic E-state index is 12.8. The Hall–Kier alpha value is -3.09. The van der Waals surface area contributed by atoms with Crippen molar-refractivity contribution < 1.29 is 19.4 Å². The van der Waals surface area contributed by atoms with E-state index in [0.29, 0.717) is 10.8 Å². The molecule has 0 fully saturated rings. The van der Waals surface area contributed by atoms with Crippen molar-refractivity contribution in [2.24, 2.45) is 0 Å². The average molecular weight is 431 g/mol. The monoisotopic (exact) mass is 430 g/mol. The molecule has 1 amide bonds. The van der Waals surface area contributed by atoms with E-state index in [4.69, 9.17) is 33.0 Å². The molecule has 2 N–H and O–H groups in total. The molecule has 0 aliphatic carbocycles. The lowest BCUT2D eigenvalue weighted by molar-refractivity contribution is 0.0696. The van der Waals surface area contributed by atoms with Gasteiger partial charge in [-0.15, -0.1) is 0 Å². The summed E-state index contributed by atoms with van der Waals surface area (Å²) in [5.74, 6) is -0.876. The normalized spacial score (nSPS) is 11.6. The molecule has 6 nitrogen and oxygen atoms in total. The zero-order chi connectivity index (χ0) is 21.0. The van der Waals surface area contributed by atoms with E-state index in [9.17, 15) is 9.59 Å². The lowest BCUT2D eigenvalue weighted by Gasteiger charge is -2.16. The van der Waals surface area contributed by atoms with Crippen molar-refractivity contribution in [3.8, 4) is 11.6 Å². The lowest BCUT2D eigenvalue weighted by atomic mass is 10.1. The van der Waals surface area contributed by atoms with Crippen molar-refractivity contribution in [2.45, 2.75) is 13.0 Å². The molecule has 0 bridgehead atoms. The minimum atomic E-state index is -1.01. The molecule has 0 aliphatic rings. The van der Waals surface area contributed by atoms with E-state index in [1.807, 2.05) is 0 Å². The summed E-state index contributed by atoms with van der Waals surface area (Å²) in [6.45, 7) is 1.78. The number of nitrogens with zero attached hydrogens (tertiary/aromatic N) is 1. The van der Waals surface area contributed by atoms with Crippen LogP contribution in [0.4, 0.5) is 0 Å². The second-order valence-corrected chi connectivity index (χ2v) is 7.06. The molecule has 3 aromatic rings. The van der Waals surface area contributed by atoms with Crippen LogP contribution < -0.4 is 10.1 Å². The third kappa shape index (κ3) is 5.25. The summed E-state index contributed by atoms with van der Waals surface area (Å²) in [5, 5.41) is 12.7. The maximum Gasteiger partial charge on any atom is 0.335 e. The zero-order valence-corrected chi connectivity index (χ0v) is 16.7. The first kappa shape index (κ1) is 20.6. The van der Waals surface area contributed by atoms with Crippen LogP contribution >= 0.6 is 23.2 Å². The fourth-order valence-corrected chi connectivity index (χ4v) is 2.84. The predicted molar refractivity (Wildman–Crippen MR) is 110 cm³/mol. The van der Waals surface area contributed by atoms with Gasteiger partial charge in [0, 0.05) is 11.2 Å². The maximum atomic E-state index is 12.8. The largest absolute Gasteiger partial charge is 0.478 e. The fourth-order valence-electron chi connectivity index (χ4n) is 2.56. The number of aromatic nitrogens is 1. The van der Waals surface area contributed by atoms with Gasteiger partial charge in [-0.25, -0.2) is 9.78 Å². The molecule has 8 heteroatoms. The highest BCUT2D eigenvalue weighted by atomic mass is 35.5. The van der Waals surface area contributed by atoms with Gasteiger partial charge in [0.25, 0.3) is 5.91 Å². The first-order valence-corrected chi connectivity index (χ1v) is 9.32. The second kappa shape index (κ2) is 8.94. The number of halogens is 2. The van der Waals surface area contributed by atoms with E-state index in [1.165, 1.54) is 24.4 Å². The van der Waals surface area contributed by atoms with Gasteiger partial charge in [-0.2, -0.15) is 0 Å². The predicted octanol–water partition coefficient (Wildman–Crippen LogP) is 5.37. The van der Waals surface area contributed by atoms with Crippen molar-refractivity contribution in [3.05, 3.63) is 87.5 Å². The molecule has 148 valence electrons. The third-order valence-corrected chi connectivity index (χ3v) is 4.55. The Morgan fingerprint density at radius 2 is 1.69 bits per heavy atom. The highest BCUT2D eigenvalue weighted by Crippen LogP contribution is 2.27. The molecule has 0 spiro atoms. The van der Waals surface area contributed by atoms with E-state index in [2.05, 4.69) is 10.3 Å². The molecule has 2 aromatic carbocycles. The summed E-state index contributed by atoms with van der Waals surface area (Å²) in [4.78, 5) is 27.9. The number of pyridine rings is 1. The minimum absolute atomic E-state index is 0.0997. The van der Waals surface area contributed by atoms with E-state index in [1.54, 1.807) is 43.3 Å². The van der Waals surface area contributed by atoms with E-state index in [0.717, 1.165) is 5.56 Å². The van der Waals surface area contributed by atoms with Crippen LogP contribution in [-0.4, -0.2) is 22.0 Å². The van der Waals surface area contributed by atoms with Gasteiger partial charge in [-0.3, -0.25) is 4.79 Å². The van der Waals surface area contributed by atoms with Gasteiger partial charge < -0.3 is 15.2 Å². The summed E-state index contributed by atoms with van der Waals surface area (Å²) >= 11 is 11.9. The summed E-state index contributed by atoms with van der Waals surface area (Å²) in [6.07, 6.45) is 1.39. The Morgan fingerprint density at radius 3 is 2.31 bits per heavy atom. The fraction of sp³-hybridized carbons (Fsp3) is 0.0952. The second-order valence-electron chi connectivity index (χ2n) is 6.18. The summed E-state index contributed by atoms with van der Waals surface area (Å²) in [5.41, 5.74) is 1.09. The Kier molecular flexibility index (Phi) is 6.36. The molecular weight excluding hydrogens is 415 g/mol. The lowest BCUT2D eigenvalue weighted by Crippen LogP contribution is -2.27. The quantitative estimate of drug-likeness (QED) is 0.548. The van der Waals surface area contributed by atoms with Gasteiger partial charge in [-0.05, 0) is 55.0 Å². The Balaban J connectivity index is 1.79. The van der Waals surface area contributed by atoms with Crippen molar-refractivity contribution in [3.63, 3.8) is 0 Å². The number of carbonyl (C=O) groups is 2. The molecule has 1 unspecified atom stereocenters. The summed E-state index contributed by atoms with van der Waals surface area (Å²) in [7, 11) is 0. The van der Waals surface area contributed by atoms with Crippen LogP contribution in [0.25, 0.3) is 0 Å². The minimum Gasteiger partial charge on any atom is -0.478 e. The van der Waals surface area contributed by atoms with Crippen LogP contribution in [-0.2, 0) is 0 Å². The standard InChI is InChI=1S/C21H16Cl2N2O4/c1-12(13-2-4-14(5-3-13)21(27)28)25-19(26)18-10-16(23)11-24-20(18)29-17-8-6-15(22)7-9-17/h2-12H,1H3,(H,25,26)(H,27,28). The Labute approximate surface area is 177 Å². The van der Waals surface area contributed by atoms with E-state index >= 15 is 0 Å². The number of carboxylic acids is 1. The van der Waals surface area contributed by atoms with Crippen molar-refractivity contribution >= 4 is 35.1 Å². The number of aromatic carboxylic acids is 1. The number of benzene rings is 2. The molecule has 0 aliphatic heterocycles. The van der Waals surface area contributed by atoms with Crippen LogP contribution in [0, 0.1) is 0 Å². The first-order chi connectivity index (χ1) is 13.8. The van der Waals surface area contributed by atoms with Crippen LogP contribution in [0.3, 0.4) is 0 Å². The van der Waals surface area contributed by atoms with Gasteiger partial charge in [-0.1, -0.05) is 35.3 Å². The number of hydrogen-bond donors (Lipinski definition) is 2. The molecule has 1 aromatic heterocycles. The van der Waals surface area contributed by atoms with Gasteiger partial charge in [0.1, 0.15) is 11.3 Å². The highest BCUT2D eigenvalue weighted by molar-refractivity contribution is 6.31. The number of ether oxygens (including phenoxy) is 1. The topological polar surface area (TPSA) is 88.5 Å². The molecule has 1 atom stereocenters. The summed E-state index contributed by atoms with van der Waals surface area (Å²) in [6, 6.07) is 14.0. The molecule has 0 saturated heterocycles. The number of rotatable bonds is 6. The van der Waals surface area contributed by atoms with Gasteiger partial charge in [0.2, 0.25) is 5.88 Å². The van der Waals surface area contributed by atoms with Crippen LogP contribution in [0.15, 0.2) is 60.8 Å². The molecule has 1 heterocycles. The van der Waals surface area contributed by atoms with Crippen molar-refractivity contribution in [2.75, 3.05) is 0 Å². The zero-order valence-electron chi connectivity index (χ0n) is 15.2. The number of carboxylic acid groups (broad SMARTS) is 1. The van der Waals surface area contributed by atoms with E-state index in [-0.39, 0.29) is 28.1 Å². The third-order valence-electron chi connectivity index (χ3n) is 4.10. The van der Waals surface area contributed by atoms with Gasteiger partial charge >= 0.3 is 5.97 Å². The Bertz CT molecular complexity index is 1040. The van der Waals surface area contributed by atoms with Crippen LogP contribution in [0.5, 0.6) is 11.6 Å².